The lowest BCUT2D eigenvalue weighted by Crippen LogP contribution is -2.59. The van der Waals surface area contributed by atoms with Crippen molar-refractivity contribution in [2.24, 2.45) is 17.3 Å². The van der Waals surface area contributed by atoms with E-state index in [0.717, 1.165) is 55.1 Å². The number of aliphatic hydroxyl groups excluding tert-OH is 4. The number of aryl methyl sites for hydroxylation is 2. The van der Waals surface area contributed by atoms with Gasteiger partial charge in [-0.3, -0.25) is 9.59 Å². The van der Waals surface area contributed by atoms with Crippen LogP contribution in [0.25, 0.3) is 38.3 Å². The second-order valence-corrected chi connectivity index (χ2v) is 19.6. The van der Waals surface area contributed by atoms with Crippen LogP contribution in [0.3, 0.4) is 0 Å². The summed E-state index contributed by atoms with van der Waals surface area (Å²) in [6, 6.07) is 12.5. The highest BCUT2D eigenvalue weighted by atomic mass is 17.2. The van der Waals surface area contributed by atoms with Crippen molar-refractivity contribution in [3.63, 3.8) is 0 Å². The molecule has 6 aromatic rings. The van der Waals surface area contributed by atoms with Gasteiger partial charge in [-0.1, -0.05) is 25.8 Å². The molecule has 3 fully saturated rings. The molecule has 1 saturated heterocycles. The molecule has 2 spiro atoms. The maximum Gasteiger partial charge on any atom is 0.226 e. The minimum atomic E-state index is -2.40. The van der Waals surface area contributed by atoms with Gasteiger partial charge >= 0.3 is 0 Å². The molecule has 3 aromatic heterocycles. The molecule has 8 unspecified atom stereocenters. The van der Waals surface area contributed by atoms with Crippen LogP contribution in [0.15, 0.2) is 70.1 Å². The fraction of sp³-hybridized carbons (Fsp3) is 0.490. The summed E-state index contributed by atoms with van der Waals surface area (Å²) in [6.45, 7) is 2.69. The van der Waals surface area contributed by atoms with Crippen LogP contribution >= 0.6 is 0 Å². The molecule has 356 valence electrons. The number of aromatic nitrogens is 2. The van der Waals surface area contributed by atoms with E-state index in [-0.39, 0.29) is 41.1 Å². The van der Waals surface area contributed by atoms with Crippen LogP contribution in [0.5, 0.6) is 17.2 Å². The average Bonchev–Trinajstić information content (AvgIpc) is 4.12. The Morgan fingerprint density at radius 2 is 1.78 bits per heavy atom. The highest BCUT2D eigenvalue weighted by Gasteiger charge is 2.58. The van der Waals surface area contributed by atoms with Crippen LogP contribution in [-0.4, -0.2) is 107 Å². The Bertz CT molecular complexity index is 2920. The third kappa shape index (κ3) is 7.57. The second kappa shape index (κ2) is 17.3. The van der Waals surface area contributed by atoms with E-state index in [1.165, 1.54) is 36.4 Å². The molecular formula is C51H59N3O13. The minimum Gasteiger partial charge on any atom is -0.508 e. The van der Waals surface area contributed by atoms with E-state index in [4.69, 9.17) is 18.9 Å². The van der Waals surface area contributed by atoms with Gasteiger partial charge in [0.1, 0.15) is 65.2 Å². The summed E-state index contributed by atoms with van der Waals surface area (Å²) < 4.78 is 16.0. The smallest absolute Gasteiger partial charge is 0.226 e. The minimum absolute atomic E-state index is 0.0477. The van der Waals surface area contributed by atoms with Crippen molar-refractivity contribution in [2.75, 3.05) is 19.8 Å². The molecule has 2 saturated carbocycles. The van der Waals surface area contributed by atoms with Crippen molar-refractivity contribution >= 4 is 38.6 Å². The number of carbonyl (C=O) groups is 1. The molecule has 2 aliphatic carbocycles. The molecule has 4 aliphatic rings. The number of carbonyl (C=O) groups excluding carboxylic acids is 1. The number of ether oxygens (including phenoxy) is 1. The van der Waals surface area contributed by atoms with Crippen molar-refractivity contribution in [3.8, 4) is 22.9 Å². The molecule has 16 nitrogen and oxygen atoms in total. The number of aliphatic hydroxyl groups is 5. The van der Waals surface area contributed by atoms with Gasteiger partial charge in [-0.2, -0.15) is 0 Å². The number of phenols is 2. The number of H-pyrrole nitrogens is 1. The number of hydrogen-bond acceptors (Lipinski definition) is 13. The maximum absolute atomic E-state index is 13.9. The third-order valence-electron chi connectivity index (χ3n) is 15.7. The number of aromatic amines is 1. The molecule has 0 bridgehead atoms. The number of fused-ring (bicyclic) bond motifs is 4. The van der Waals surface area contributed by atoms with Gasteiger partial charge in [0.05, 0.1) is 22.9 Å². The van der Waals surface area contributed by atoms with Gasteiger partial charge in [-0.05, 0) is 111 Å². The van der Waals surface area contributed by atoms with Crippen LogP contribution in [0.2, 0.25) is 0 Å². The topological polar surface area (TPSA) is 249 Å². The van der Waals surface area contributed by atoms with E-state index in [2.05, 4.69) is 17.2 Å². The van der Waals surface area contributed by atoms with Crippen LogP contribution in [0.4, 0.5) is 0 Å². The van der Waals surface area contributed by atoms with Crippen molar-refractivity contribution < 1.29 is 59.5 Å². The lowest BCUT2D eigenvalue weighted by atomic mass is 9.62. The molecule has 9 N–H and O–H groups in total. The number of aromatic hydroxyl groups is 2. The van der Waals surface area contributed by atoms with E-state index in [1.807, 2.05) is 23.0 Å². The SMILES string of the molecule is CCc1c2cc[nH]c2cn1-c1c2c(cc3c(=O)cc(C)oc13)CC(OOCC(O)(Cc1ccc(O)c3ccc(O)cc13)C(O)C(O)C(O)CO)C1(CCCC(C3CNC(=O)C34CCCC4)C1)O2. The predicted molar refractivity (Wildman–Crippen MR) is 246 cm³/mol. The number of hydrogen-bond donors (Lipinski definition) is 9. The van der Waals surface area contributed by atoms with E-state index >= 15 is 0 Å². The maximum atomic E-state index is 13.9. The zero-order valence-corrected chi connectivity index (χ0v) is 37.7. The normalized spacial score (nSPS) is 24.8. The third-order valence-corrected chi connectivity index (χ3v) is 15.7. The molecule has 1 amide bonds. The quantitative estimate of drug-likeness (QED) is 0.0545. The Kier molecular flexibility index (Phi) is 11.7. The zero-order valence-electron chi connectivity index (χ0n) is 37.7. The summed E-state index contributed by atoms with van der Waals surface area (Å²) in [7, 11) is 0. The van der Waals surface area contributed by atoms with Gasteiger partial charge in [0.25, 0.3) is 0 Å². The van der Waals surface area contributed by atoms with Crippen LogP contribution in [0, 0.1) is 24.2 Å². The fourth-order valence-electron chi connectivity index (χ4n) is 12.3. The standard InChI is InChI=1S/C51H59N3O13/c1-3-38-33-12-16-52-37(33)24-54(38)43-45-30(18-35-40(58)17-27(2)65-46(35)43)19-42(51(66-45)15-6-7-29(22-51)36-23-53-48(62)49(36)13-4-5-14-49)67-64-26-50(63,47(61)44(60)41(59)25-55)21-28-8-11-39(57)32-10-9-31(56)20-34(28)32/h8-12,16-18,20,24,29,36,41-42,44,47,52,55-57,59-61,63H,3-7,13-15,19,21-23,25-26H2,1-2H3,(H,53,62). The molecule has 2 aliphatic heterocycles. The summed E-state index contributed by atoms with van der Waals surface area (Å²) in [6.07, 6.45) is 3.66. The number of phenolic OH excluding ortho intramolecular Hbond substituents is 2. The summed E-state index contributed by atoms with van der Waals surface area (Å²) in [5, 5.41) is 81.6. The Hall–Kier alpha value is -5.46. The van der Waals surface area contributed by atoms with Crippen molar-refractivity contribution in [1.29, 1.82) is 0 Å². The van der Waals surface area contributed by atoms with Crippen molar-refractivity contribution in [2.45, 2.75) is 120 Å². The Labute approximate surface area is 385 Å². The molecule has 10 rings (SSSR count). The molecule has 67 heavy (non-hydrogen) atoms. The molecule has 0 radical (unpaired) electrons. The van der Waals surface area contributed by atoms with Gasteiger partial charge in [-0.15, -0.1) is 0 Å². The Morgan fingerprint density at radius 3 is 2.55 bits per heavy atom. The Morgan fingerprint density at radius 1 is 0.970 bits per heavy atom. The zero-order chi connectivity index (χ0) is 47.0. The first kappa shape index (κ1) is 45.3. The largest absolute Gasteiger partial charge is 0.508 e. The van der Waals surface area contributed by atoms with E-state index in [0.29, 0.717) is 75.9 Å². The van der Waals surface area contributed by atoms with Gasteiger partial charge < -0.3 is 59.8 Å². The highest BCUT2D eigenvalue weighted by molar-refractivity contribution is 5.93. The van der Waals surface area contributed by atoms with E-state index < -0.39 is 60.7 Å². The van der Waals surface area contributed by atoms with Gasteiger partial charge in [0, 0.05) is 59.9 Å². The number of nitrogens with zero attached hydrogens (tertiary/aromatic N) is 1. The average molecular weight is 922 g/mol. The van der Waals surface area contributed by atoms with Crippen LogP contribution in [0.1, 0.15) is 80.9 Å². The molecule has 5 heterocycles. The Balaban J connectivity index is 1.07. The first-order chi connectivity index (χ1) is 32.2. The number of amides is 1. The first-order valence-corrected chi connectivity index (χ1v) is 23.5. The highest BCUT2D eigenvalue weighted by Crippen LogP contribution is 2.56. The summed E-state index contributed by atoms with van der Waals surface area (Å²) in [4.78, 5) is 43.4. The van der Waals surface area contributed by atoms with Gasteiger partial charge in [0.2, 0.25) is 5.91 Å². The van der Waals surface area contributed by atoms with Gasteiger partial charge in [0.15, 0.2) is 16.8 Å². The van der Waals surface area contributed by atoms with E-state index in [9.17, 15) is 45.3 Å². The van der Waals surface area contributed by atoms with Crippen LogP contribution in [-0.2, 0) is 33.8 Å². The number of nitrogens with one attached hydrogen (secondary N) is 2. The number of benzene rings is 3. The predicted octanol–water partition coefficient (Wildman–Crippen LogP) is 5.04. The summed E-state index contributed by atoms with van der Waals surface area (Å²) in [5.74, 6) is 0.974. The molecule has 16 heteroatoms. The molecule has 3 aromatic carbocycles. The monoisotopic (exact) mass is 921 g/mol. The summed E-state index contributed by atoms with van der Waals surface area (Å²) in [5.41, 5.74) is -0.333. The second-order valence-electron chi connectivity index (χ2n) is 19.6. The molecular weight excluding hydrogens is 863 g/mol. The lowest BCUT2D eigenvalue weighted by Gasteiger charge is -2.50. The van der Waals surface area contributed by atoms with Gasteiger partial charge in [-0.25, -0.2) is 9.78 Å². The summed E-state index contributed by atoms with van der Waals surface area (Å²) >= 11 is 0. The lowest BCUT2D eigenvalue weighted by molar-refractivity contribution is -0.375. The van der Waals surface area contributed by atoms with Crippen molar-refractivity contribution in [3.05, 3.63) is 93.7 Å². The van der Waals surface area contributed by atoms with E-state index in [1.54, 1.807) is 13.0 Å². The van der Waals surface area contributed by atoms with Crippen molar-refractivity contribution in [1.82, 2.24) is 14.9 Å². The fourth-order valence-corrected chi connectivity index (χ4v) is 12.3. The number of rotatable bonds is 13. The van der Waals surface area contributed by atoms with Crippen LogP contribution < -0.4 is 15.5 Å². The first-order valence-electron chi connectivity index (χ1n) is 23.5. The molecule has 8 atom stereocenters.